The lowest BCUT2D eigenvalue weighted by atomic mass is 10.0. The Morgan fingerprint density at radius 2 is 1.85 bits per heavy atom. The van der Waals surface area contributed by atoms with Gasteiger partial charge in [0.1, 0.15) is 0 Å². The number of nitrogens with one attached hydrogen (secondary N) is 1. The third-order valence-electron chi connectivity index (χ3n) is 4.75. The summed E-state index contributed by atoms with van der Waals surface area (Å²) in [5.41, 5.74) is 2.95. The van der Waals surface area contributed by atoms with Gasteiger partial charge in [-0.05, 0) is 17.2 Å². The molecule has 4 rings (SSSR count). The second-order valence-corrected chi connectivity index (χ2v) is 6.52. The highest BCUT2D eigenvalue weighted by Gasteiger charge is 2.33. The van der Waals surface area contributed by atoms with Crippen LogP contribution in [0.4, 0.5) is 0 Å². The smallest absolute Gasteiger partial charge is 0.273 e. The van der Waals surface area contributed by atoms with E-state index in [0.717, 1.165) is 11.1 Å². The number of carbonyl (C=O) groups excluding carboxylic acids is 2. The van der Waals surface area contributed by atoms with Crippen molar-refractivity contribution in [2.24, 2.45) is 0 Å². The highest BCUT2D eigenvalue weighted by molar-refractivity contribution is 5.99. The molecule has 1 N–H and O–H groups in total. The van der Waals surface area contributed by atoms with Crippen molar-refractivity contribution in [2.75, 3.05) is 13.6 Å². The monoisotopic (exact) mass is 361 g/mol. The van der Waals surface area contributed by atoms with Crippen LogP contribution in [0.3, 0.4) is 0 Å². The third kappa shape index (κ3) is 3.31. The van der Waals surface area contributed by atoms with Crippen LogP contribution in [-0.2, 0) is 6.54 Å². The Bertz CT molecular complexity index is 983. The zero-order valence-corrected chi connectivity index (χ0v) is 14.9. The number of amides is 2. The molecule has 7 nitrogen and oxygen atoms in total. The molecule has 1 aliphatic rings. The Kier molecular flexibility index (Phi) is 4.42. The summed E-state index contributed by atoms with van der Waals surface area (Å²) >= 11 is 0. The van der Waals surface area contributed by atoms with Crippen LogP contribution in [0.15, 0.2) is 60.8 Å². The molecule has 0 saturated carbocycles. The fourth-order valence-corrected chi connectivity index (χ4v) is 3.30. The van der Waals surface area contributed by atoms with Crippen molar-refractivity contribution in [2.45, 2.75) is 12.6 Å². The molecular formula is C20H19N5O2. The molecule has 0 bridgehead atoms. The fourth-order valence-electron chi connectivity index (χ4n) is 3.30. The molecule has 1 unspecified atom stereocenters. The van der Waals surface area contributed by atoms with E-state index in [-0.39, 0.29) is 23.6 Å². The highest BCUT2D eigenvalue weighted by Crippen LogP contribution is 2.31. The first-order valence-electron chi connectivity index (χ1n) is 8.72. The first-order chi connectivity index (χ1) is 13.1. The maximum Gasteiger partial charge on any atom is 0.273 e. The van der Waals surface area contributed by atoms with E-state index in [9.17, 15) is 9.59 Å². The minimum Gasteiger partial charge on any atom is -0.348 e. The van der Waals surface area contributed by atoms with Crippen LogP contribution in [-0.4, -0.2) is 45.3 Å². The highest BCUT2D eigenvalue weighted by atomic mass is 16.2. The van der Waals surface area contributed by atoms with E-state index in [1.54, 1.807) is 22.8 Å². The number of carbonyl (C=O) groups is 2. The van der Waals surface area contributed by atoms with E-state index in [0.29, 0.717) is 18.7 Å². The van der Waals surface area contributed by atoms with Gasteiger partial charge in [-0.15, -0.1) is 5.10 Å². The van der Waals surface area contributed by atoms with Crippen molar-refractivity contribution in [3.05, 3.63) is 83.2 Å². The quantitative estimate of drug-likeness (QED) is 0.752. The zero-order valence-electron chi connectivity index (χ0n) is 14.9. The van der Waals surface area contributed by atoms with Gasteiger partial charge in [0.25, 0.3) is 11.8 Å². The second-order valence-electron chi connectivity index (χ2n) is 6.52. The van der Waals surface area contributed by atoms with Crippen molar-refractivity contribution in [3.63, 3.8) is 0 Å². The minimum absolute atomic E-state index is 0.0290. The van der Waals surface area contributed by atoms with Crippen molar-refractivity contribution in [1.82, 2.24) is 25.2 Å². The summed E-state index contributed by atoms with van der Waals surface area (Å²) in [5.74, 6) is -0.335. The topological polar surface area (TPSA) is 80.1 Å². The van der Waals surface area contributed by atoms with Crippen LogP contribution in [0.5, 0.6) is 0 Å². The largest absolute Gasteiger partial charge is 0.348 e. The van der Waals surface area contributed by atoms with E-state index < -0.39 is 0 Å². The molecule has 1 aliphatic heterocycles. The van der Waals surface area contributed by atoms with Gasteiger partial charge in [-0.2, -0.15) is 0 Å². The number of nitrogens with zero attached hydrogens (tertiary/aromatic N) is 4. The van der Waals surface area contributed by atoms with Crippen LogP contribution >= 0.6 is 0 Å². The molecule has 2 aromatic carbocycles. The van der Waals surface area contributed by atoms with Crippen LogP contribution in [0, 0.1) is 0 Å². The molecule has 0 aliphatic carbocycles. The lowest BCUT2D eigenvalue weighted by Crippen LogP contribution is -2.34. The third-order valence-corrected chi connectivity index (χ3v) is 4.75. The average molecular weight is 361 g/mol. The molecule has 1 aromatic heterocycles. The predicted molar refractivity (Wildman–Crippen MR) is 99.2 cm³/mol. The molecule has 7 heteroatoms. The van der Waals surface area contributed by atoms with Crippen LogP contribution < -0.4 is 5.32 Å². The molecule has 136 valence electrons. The summed E-state index contributed by atoms with van der Waals surface area (Å²) in [6, 6.07) is 17.1. The van der Waals surface area contributed by atoms with Gasteiger partial charge in [0.15, 0.2) is 5.69 Å². The Hall–Kier alpha value is -3.48. The summed E-state index contributed by atoms with van der Waals surface area (Å²) in [5, 5.41) is 10.8. The number of hydrogen-bond donors (Lipinski definition) is 1. The molecular weight excluding hydrogens is 342 g/mol. The average Bonchev–Trinajstić information content (AvgIpc) is 3.25. The molecule has 2 heterocycles. The van der Waals surface area contributed by atoms with Gasteiger partial charge >= 0.3 is 0 Å². The minimum atomic E-state index is -0.306. The summed E-state index contributed by atoms with van der Waals surface area (Å²) in [4.78, 5) is 26.4. The fraction of sp³-hybridized carbons (Fsp3) is 0.200. The predicted octanol–water partition coefficient (Wildman–Crippen LogP) is 1.88. The maximum atomic E-state index is 12.4. The van der Waals surface area contributed by atoms with Gasteiger partial charge in [0.05, 0.1) is 18.8 Å². The normalized spacial score (nSPS) is 15.7. The molecule has 0 fully saturated rings. The van der Waals surface area contributed by atoms with E-state index in [1.807, 2.05) is 54.6 Å². The Morgan fingerprint density at radius 1 is 1.11 bits per heavy atom. The molecule has 2 amide bonds. The molecule has 0 radical (unpaired) electrons. The van der Waals surface area contributed by atoms with E-state index >= 15 is 0 Å². The number of fused-ring (bicyclic) bond motifs is 1. The summed E-state index contributed by atoms with van der Waals surface area (Å²) in [7, 11) is 1.75. The van der Waals surface area contributed by atoms with E-state index in [1.165, 1.54) is 0 Å². The van der Waals surface area contributed by atoms with Crippen LogP contribution in [0.1, 0.15) is 38.0 Å². The second kappa shape index (κ2) is 7.03. The molecule has 27 heavy (non-hydrogen) atoms. The SMILES string of the molecule is CN1C(=O)c2ccccc2C1CNC(=O)c1cn(Cc2ccccc2)nn1. The van der Waals surface area contributed by atoms with Gasteiger partial charge in [-0.25, -0.2) is 4.68 Å². The lowest BCUT2D eigenvalue weighted by Gasteiger charge is -2.20. The van der Waals surface area contributed by atoms with Crippen LogP contribution in [0.2, 0.25) is 0 Å². The summed E-state index contributed by atoms with van der Waals surface area (Å²) in [6.45, 7) is 0.873. The maximum absolute atomic E-state index is 12.4. The summed E-state index contributed by atoms with van der Waals surface area (Å²) in [6.07, 6.45) is 1.62. The first-order valence-corrected chi connectivity index (χ1v) is 8.72. The number of benzene rings is 2. The van der Waals surface area contributed by atoms with Gasteiger partial charge in [0, 0.05) is 19.2 Å². The van der Waals surface area contributed by atoms with Crippen molar-refractivity contribution >= 4 is 11.8 Å². The zero-order chi connectivity index (χ0) is 18.8. The molecule has 3 aromatic rings. The van der Waals surface area contributed by atoms with Gasteiger partial charge < -0.3 is 10.2 Å². The van der Waals surface area contributed by atoms with Crippen LogP contribution in [0.25, 0.3) is 0 Å². The number of rotatable bonds is 5. The molecule has 0 saturated heterocycles. The Labute approximate surface area is 156 Å². The number of likely N-dealkylation sites (N-methyl/N-ethyl adjacent to an activating group) is 1. The molecule has 1 atom stereocenters. The Morgan fingerprint density at radius 3 is 2.67 bits per heavy atom. The first kappa shape index (κ1) is 17.0. The van der Waals surface area contributed by atoms with Gasteiger partial charge in [-0.3, -0.25) is 9.59 Å². The number of hydrogen-bond acceptors (Lipinski definition) is 4. The summed E-state index contributed by atoms with van der Waals surface area (Å²) < 4.78 is 1.63. The van der Waals surface area contributed by atoms with Gasteiger partial charge in [-0.1, -0.05) is 53.7 Å². The van der Waals surface area contributed by atoms with Crippen molar-refractivity contribution in [3.8, 4) is 0 Å². The van der Waals surface area contributed by atoms with Crippen molar-refractivity contribution in [1.29, 1.82) is 0 Å². The molecule has 0 spiro atoms. The van der Waals surface area contributed by atoms with Gasteiger partial charge in [0.2, 0.25) is 0 Å². The van der Waals surface area contributed by atoms with Crippen molar-refractivity contribution < 1.29 is 9.59 Å². The number of aromatic nitrogens is 3. The Balaban J connectivity index is 1.41. The van der Waals surface area contributed by atoms with E-state index in [4.69, 9.17) is 0 Å². The van der Waals surface area contributed by atoms with E-state index in [2.05, 4.69) is 15.6 Å². The standard InChI is InChI=1S/C20H19N5O2/c1-24-18(15-9-5-6-10-16(15)20(24)27)11-21-19(26)17-13-25(23-22-17)12-14-7-3-2-4-8-14/h2-10,13,18H,11-12H2,1H3,(H,21,26). The lowest BCUT2D eigenvalue weighted by molar-refractivity contribution is 0.0760.